The molecule has 2 rings (SSSR count). The highest BCUT2D eigenvalue weighted by atomic mass is 16.5. The van der Waals surface area contributed by atoms with Gasteiger partial charge in [0.25, 0.3) is 0 Å². The van der Waals surface area contributed by atoms with Crippen molar-refractivity contribution in [2.75, 3.05) is 38.3 Å². The van der Waals surface area contributed by atoms with Gasteiger partial charge in [0.2, 0.25) is 0 Å². The number of nitrogens with zero attached hydrogens (tertiary/aromatic N) is 2. The second-order valence-electron chi connectivity index (χ2n) is 5.17. The van der Waals surface area contributed by atoms with Crippen molar-refractivity contribution in [3.63, 3.8) is 0 Å². The van der Waals surface area contributed by atoms with Gasteiger partial charge in [0, 0.05) is 24.9 Å². The van der Waals surface area contributed by atoms with Crippen molar-refractivity contribution in [1.82, 2.24) is 0 Å². The molecule has 7 nitrogen and oxygen atoms in total. The van der Waals surface area contributed by atoms with Crippen LogP contribution in [0.15, 0.2) is 52.9 Å². The van der Waals surface area contributed by atoms with E-state index in [0.29, 0.717) is 35.9 Å². The predicted octanol–water partition coefficient (Wildman–Crippen LogP) is 0.956. The lowest BCUT2D eigenvalue weighted by Crippen LogP contribution is -2.29. The molecule has 0 saturated heterocycles. The molecular weight excluding hydrogens is 308 g/mol. The summed E-state index contributed by atoms with van der Waals surface area (Å²) in [6, 6.07) is 7.40. The topological polar surface area (TPSA) is 115 Å². The van der Waals surface area contributed by atoms with Gasteiger partial charge in [-0.2, -0.15) is 0 Å². The highest BCUT2D eigenvalue weighted by Gasteiger charge is 2.14. The van der Waals surface area contributed by atoms with Gasteiger partial charge in [0.1, 0.15) is 5.76 Å². The lowest BCUT2D eigenvalue weighted by atomic mass is 10.1. The first-order valence-electron chi connectivity index (χ1n) is 7.56. The SMILES string of the molecule is COC1=CC(=Nc2ccc(N(CCO)CCO)cc2)C(N)=CC1=N. The highest BCUT2D eigenvalue weighted by molar-refractivity contribution is 6.22. The fourth-order valence-electron chi connectivity index (χ4n) is 2.34. The van der Waals surface area contributed by atoms with Crippen LogP contribution in [0, 0.1) is 5.41 Å². The first kappa shape index (κ1) is 17.7. The minimum atomic E-state index is 0.0158. The lowest BCUT2D eigenvalue weighted by Gasteiger charge is -2.22. The number of rotatable bonds is 7. The van der Waals surface area contributed by atoms with E-state index in [1.165, 1.54) is 13.2 Å². The number of benzene rings is 1. The maximum Gasteiger partial charge on any atom is 0.146 e. The Morgan fingerprint density at radius 3 is 2.29 bits per heavy atom. The Kier molecular flexibility index (Phi) is 6.11. The van der Waals surface area contributed by atoms with E-state index in [1.807, 2.05) is 29.2 Å². The molecule has 0 fully saturated rings. The molecule has 0 saturated carbocycles. The molecule has 0 aliphatic heterocycles. The van der Waals surface area contributed by atoms with Crippen LogP contribution in [0.5, 0.6) is 0 Å². The summed E-state index contributed by atoms with van der Waals surface area (Å²) in [6.07, 6.45) is 3.14. The van der Waals surface area contributed by atoms with Crippen LogP contribution >= 0.6 is 0 Å². The van der Waals surface area contributed by atoms with Gasteiger partial charge in [-0.05, 0) is 30.3 Å². The monoisotopic (exact) mass is 330 g/mol. The summed E-state index contributed by atoms with van der Waals surface area (Å²) >= 11 is 0. The van der Waals surface area contributed by atoms with Crippen LogP contribution in [-0.4, -0.2) is 55.0 Å². The van der Waals surface area contributed by atoms with Gasteiger partial charge in [0.05, 0.1) is 43.1 Å². The molecule has 0 heterocycles. The molecule has 0 bridgehead atoms. The second kappa shape index (κ2) is 8.28. The van der Waals surface area contributed by atoms with Crippen molar-refractivity contribution < 1.29 is 14.9 Å². The molecule has 1 aliphatic carbocycles. The Hall–Kier alpha value is -2.64. The maximum atomic E-state index is 9.09. The quantitative estimate of drug-likeness (QED) is 0.556. The van der Waals surface area contributed by atoms with Crippen LogP contribution in [0.2, 0.25) is 0 Å². The van der Waals surface area contributed by atoms with Crippen molar-refractivity contribution in [2.45, 2.75) is 0 Å². The van der Waals surface area contributed by atoms with Crippen LogP contribution in [0.4, 0.5) is 11.4 Å². The number of anilines is 1. The summed E-state index contributed by atoms with van der Waals surface area (Å²) in [7, 11) is 1.50. The highest BCUT2D eigenvalue weighted by Crippen LogP contribution is 2.21. The number of aliphatic hydroxyl groups excluding tert-OH is 2. The Balaban J connectivity index is 2.23. The normalized spacial score (nSPS) is 16.0. The number of hydrogen-bond acceptors (Lipinski definition) is 7. The Morgan fingerprint density at radius 2 is 1.75 bits per heavy atom. The van der Waals surface area contributed by atoms with Gasteiger partial charge in [0.15, 0.2) is 0 Å². The Morgan fingerprint density at radius 1 is 1.12 bits per heavy atom. The van der Waals surface area contributed by atoms with E-state index in [2.05, 4.69) is 4.99 Å². The third-order valence-electron chi connectivity index (χ3n) is 3.55. The third kappa shape index (κ3) is 4.21. The predicted molar refractivity (Wildman–Crippen MR) is 95.0 cm³/mol. The number of allylic oxidation sites excluding steroid dienone is 2. The van der Waals surface area contributed by atoms with Gasteiger partial charge in [-0.25, -0.2) is 4.99 Å². The van der Waals surface area contributed by atoms with Crippen molar-refractivity contribution in [3.05, 3.63) is 47.9 Å². The first-order valence-corrected chi connectivity index (χ1v) is 7.56. The number of aliphatic imine (C=N–C) groups is 1. The zero-order valence-electron chi connectivity index (χ0n) is 13.6. The summed E-state index contributed by atoms with van der Waals surface area (Å²) in [5, 5.41) is 25.9. The lowest BCUT2D eigenvalue weighted by molar-refractivity contribution is 0.281. The molecule has 24 heavy (non-hydrogen) atoms. The molecule has 1 aliphatic rings. The van der Waals surface area contributed by atoms with Gasteiger partial charge < -0.3 is 25.6 Å². The molecule has 0 radical (unpaired) electrons. The number of hydrogen-bond donors (Lipinski definition) is 4. The molecule has 5 N–H and O–H groups in total. The molecule has 0 spiro atoms. The van der Waals surface area contributed by atoms with Crippen LogP contribution in [0.25, 0.3) is 0 Å². The van der Waals surface area contributed by atoms with E-state index in [-0.39, 0.29) is 18.9 Å². The molecule has 0 unspecified atom stereocenters. The van der Waals surface area contributed by atoms with Crippen molar-refractivity contribution >= 4 is 22.8 Å². The van der Waals surface area contributed by atoms with E-state index >= 15 is 0 Å². The van der Waals surface area contributed by atoms with Crippen LogP contribution < -0.4 is 10.6 Å². The molecule has 0 atom stereocenters. The average Bonchev–Trinajstić information content (AvgIpc) is 2.58. The second-order valence-corrected chi connectivity index (χ2v) is 5.17. The van der Waals surface area contributed by atoms with Gasteiger partial charge in [-0.1, -0.05) is 0 Å². The molecule has 1 aromatic carbocycles. The number of ether oxygens (including phenoxy) is 1. The minimum Gasteiger partial charge on any atom is -0.494 e. The zero-order valence-corrected chi connectivity index (χ0v) is 13.6. The summed E-state index contributed by atoms with van der Waals surface area (Å²) in [6.45, 7) is 0.933. The van der Waals surface area contributed by atoms with Crippen LogP contribution in [0.3, 0.4) is 0 Å². The minimum absolute atomic E-state index is 0.0158. The van der Waals surface area contributed by atoms with Gasteiger partial charge in [-0.3, -0.25) is 5.41 Å². The Labute approximate surface area is 140 Å². The number of nitrogens with two attached hydrogens (primary N) is 1. The van der Waals surface area contributed by atoms with E-state index in [4.69, 9.17) is 26.1 Å². The maximum absolute atomic E-state index is 9.09. The number of nitrogens with one attached hydrogen (secondary N) is 1. The first-order chi connectivity index (χ1) is 11.6. The van der Waals surface area contributed by atoms with Crippen molar-refractivity contribution in [3.8, 4) is 0 Å². The van der Waals surface area contributed by atoms with Gasteiger partial charge in [-0.15, -0.1) is 0 Å². The molecule has 0 aromatic heterocycles. The van der Waals surface area contributed by atoms with Crippen LogP contribution in [-0.2, 0) is 4.74 Å². The molecule has 128 valence electrons. The Bertz CT molecular complexity index is 672. The summed E-state index contributed by atoms with van der Waals surface area (Å²) in [5.41, 5.74) is 8.68. The molecular formula is C17H22N4O3. The van der Waals surface area contributed by atoms with Crippen molar-refractivity contribution in [2.24, 2.45) is 10.7 Å². The number of methoxy groups -OCH3 is 1. The van der Waals surface area contributed by atoms with E-state index in [9.17, 15) is 0 Å². The fourth-order valence-corrected chi connectivity index (χ4v) is 2.34. The molecule has 7 heteroatoms. The van der Waals surface area contributed by atoms with E-state index < -0.39 is 0 Å². The summed E-state index contributed by atoms with van der Waals surface area (Å²) in [4.78, 5) is 6.36. The molecule has 1 aromatic rings. The summed E-state index contributed by atoms with van der Waals surface area (Å²) < 4.78 is 5.13. The fraction of sp³-hybridized carbons (Fsp3) is 0.294. The largest absolute Gasteiger partial charge is 0.494 e. The standard InChI is InChI=1S/C17H22N4O3/c1-24-17-11-16(14(18)10-15(17)19)20-12-2-4-13(5-3-12)21(6-8-22)7-9-23/h2-5,10-11,19,22-23H,6-9,18H2,1H3. The van der Waals surface area contributed by atoms with Crippen LogP contribution in [0.1, 0.15) is 0 Å². The van der Waals surface area contributed by atoms with E-state index in [0.717, 1.165) is 5.69 Å². The zero-order chi connectivity index (χ0) is 17.5. The smallest absolute Gasteiger partial charge is 0.146 e. The van der Waals surface area contributed by atoms with E-state index in [1.54, 1.807) is 6.08 Å². The summed E-state index contributed by atoms with van der Waals surface area (Å²) in [5.74, 6) is 0.414. The van der Waals surface area contributed by atoms with Crippen molar-refractivity contribution in [1.29, 1.82) is 5.41 Å². The third-order valence-corrected chi connectivity index (χ3v) is 3.55. The average molecular weight is 330 g/mol. The molecule has 0 amide bonds. The van der Waals surface area contributed by atoms with Gasteiger partial charge >= 0.3 is 0 Å². The number of aliphatic hydroxyl groups is 2.